The molecule has 0 aliphatic heterocycles. The molecule has 1 aromatic carbocycles. The van der Waals surface area contributed by atoms with Gasteiger partial charge in [-0.1, -0.05) is 11.6 Å². The molecule has 0 fully saturated rings. The number of hydrogen-bond donors (Lipinski definition) is 2. The van der Waals surface area contributed by atoms with Crippen LogP contribution in [0.4, 0.5) is 5.69 Å². The molecule has 4 heteroatoms. The third-order valence-electron chi connectivity index (χ3n) is 2.22. The molecule has 2 aromatic rings. The van der Waals surface area contributed by atoms with Gasteiger partial charge in [0, 0.05) is 10.4 Å². The van der Waals surface area contributed by atoms with E-state index in [1.54, 1.807) is 13.8 Å². The van der Waals surface area contributed by atoms with Crippen LogP contribution >= 0.6 is 11.6 Å². The summed E-state index contributed by atoms with van der Waals surface area (Å²) in [5, 5.41) is 10.6. The van der Waals surface area contributed by atoms with Gasteiger partial charge in [-0.3, -0.25) is 0 Å². The quantitative estimate of drug-likeness (QED) is 0.803. The van der Waals surface area contributed by atoms with Gasteiger partial charge in [-0.05, 0) is 38.1 Å². The highest BCUT2D eigenvalue weighted by Gasteiger charge is 2.21. The van der Waals surface area contributed by atoms with Crippen LogP contribution in [-0.2, 0) is 5.60 Å². The average molecular weight is 239 g/mol. The zero-order valence-corrected chi connectivity index (χ0v) is 9.76. The van der Waals surface area contributed by atoms with E-state index >= 15 is 0 Å². The summed E-state index contributed by atoms with van der Waals surface area (Å²) >= 11 is 5.85. The van der Waals surface area contributed by atoms with Gasteiger partial charge in [0.1, 0.15) is 5.60 Å². The van der Waals surface area contributed by atoms with Crippen molar-refractivity contribution in [3.05, 3.63) is 34.9 Å². The van der Waals surface area contributed by atoms with Gasteiger partial charge < -0.3 is 10.8 Å². The van der Waals surface area contributed by atoms with E-state index in [-0.39, 0.29) is 22.8 Å². The molecule has 0 aliphatic carbocycles. The summed E-state index contributed by atoms with van der Waals surface area (Å²) in [5.74, 6) is 0. The number of nitrogen functional groups attached to an aromatic ring is 1. The topological polar surface area (TPSA) is 59.1 Å². The van der Waals surface area contributed by atoms with E-state index in [9.17, 15) is 5.11 Å². The standard InChI is InChI=1S/C12H13ClN2O/c1-12(2,16)11-9(14)6-7-5-8(13)3-4-10(7)15-11/h3-6,16H,14H2,1-2H3/i4D,5D. The van der Waals surface area contributed by atoms with E-state index in [2.05, 4.69) is 4.98 Å². The Morgan fingerprint density at radius 1 is 1.56 bits per heavy atom. The average Bonchev–Trinajstić information content (AvgIpc) is 2.23. The summed E-state index contributed by atoms with van der Waals surface area (Å²) < 4.78 is 15.7. The minimum absolute atomic E-state index is 0.0872. The Labute approximate surface area is 102 Å². The largest absolute Gasteiger partial charge is 0.397 e. The molecule has 0 radical (unpaired) electrons. The summed E-state index contributed by atoms with van der Waals surface area (Å²) in [6, 6.07) is 3.09. The normalized spacial score (nSPS) is 13.8. The molecule has 0 aliphatic rings. The summed E-state index contributed by atoms with van der Waals surface area (Å²) in [4.78, 5) is 4.21. The van der Waals surface area contributed by atoms with Gasteiger partial charge in [0.15, 0.2) is 0 Å². The number of anilines is 1. The van der Waals surface area contributed by atoms with Crippen LogP contribution in [0.2, 0.25) is 5.02 Å². The number of aromatic nitrogens is 1. The highest BCUT2D eigenvalue weighted by molar-refractivity contribution is 6.31. The van der Waals surface area contributed by atoms with Gasteiger partial charge in [-0.15, -0.1) is 0 Å². The van der Waals surface area contributed by atoms with Gasteiger partial charge >= 0.3 is 0 Å². The van der Waals surface area contributed by atoms with E-state index in [0.717, 1.165) is 0 Å². The maximum atomic E-state index is 9.97. The van der Waals surface area contributed by atoms with E-state index < -0.39 is 5.60 Å². The molecule has 0 bridgehead atoms. The summed E-state index contributed by atoms with van der Waals surface area (Å²) in [7, 11) is 0. The van der Waals surface area contributed by atoms with Gasteiger partial charge in [0.05, 0.1) is 19.6 Å². The van der Waals surface area contributed by atoms with Gasteiger partial charge in [-0.2, -0.15) is 0 Å². The van der Waals surface area contributed by atoms with Crippen LogP contribution < -0.4 is 5.73 Å². The molecule has 84 valence electrons. The highest BCUT2D eigenvalue weighted by Crippen LogP contribution is 2.28. The first-order valence-corrected chi connectivity index (χ1v) is 5.18. The minimum atomic E-state index is -1.20. The lowest BCUT2D eigenvalue weighted by atomic mass is 10.0. The van der Waals surface area contributed by atoms with E-state index in [4.69, 9.17) is 20.1 Å². The molecule has 0 saturated carbocycles. The third-order valence-corrected chi connectivity index (χ3v) is 2.42. The number of rotatable bonds is 1. The van der Waals surface area contributed by atoms with Crippen LogP contribution in [-0.4, -0.2) is 10.1 Å². The lowest BCUT2D eigenvalue weighted by molar-refractivity contribution is 0.0751. The Morgan fingerprint density at radius 3 is 2.88 bits per heavy atom. The number of pyridine rings is 1. The van der Waals surface area contributed by atoms with Crippen molar-refractivity contribution in [1.29, 1.82) is 0 Å². The molecular weight excluding hydrogens is 224 g/mol. The fraction of sp³-hybridized carbons (Fsp3) is 0.250. The number of benzene rings is 1. The molecule has 16 heavy (non-hydrogen) atoms. The Kier molecular flexibility index (Phi) is 1.98. The lowest BCUT2D eigenvalue weighted by Gasteiger charge is -2.19. The van der Waals surface area contributed by atoms with Crippen LogP contribution in [0.3, 0.4) is 0 Å². The van der Waals surface area contributed by atoms with Gasteiger partial charge in [0.25, 0.3) is 0 Å². The Morgan fingerprint density at radius 2 is 2.25 bits per heavy atom. The van der Waals surface area contributed by atoms with Crippen LogP contribution in [0.15, 0.2) is 24.2 Å². The predicted molar refractivity (Wildman–Crippen MR) is 66.4 cm³/mol. The van der Waals surface area contributed by atoms with E-state index in [1.165, 1.54) is 12.1 Å². The van der Waals surface area contributed by atoms with Crippen LogP contribution in [0, 0.1) is 0 Å². The van der Waals surface area contributed by atoms with Crippen molar-refractivity contribution in [2.24, 2.45) is 0 Å². The predicted octanol–water partition coefficient (Wildman–Crippen LogP) is 2.70. The zero-order chi connectivity index (χ0) is 13.7. The summed E-state index contributed by atoms with van der Waals surface area (Å²) in [6.07, 6.45) is 0. The molecule has 2 rings (SSSR count). The first-order chi connectivity index (χ1) is 8.21. The molecule has 0 unspecified atom stereocenters. The van der Waals surface area contributed by atoms with Gasteiger partial charge in [0.2, 0.25) is 0 Å². The van der Waals surface area contributed by atoms with Crippen molar-refractivity contribution in [3.63, 3.8) is 0 Å². The zero-order valence-electron chi connectivity index (χ0n) is 11.0. The first-order valence-electron chi connectivity index (χ1n) is 5.80. The molecule has 0 spiro atoms. The number of nitrogens with two attached hydrogens (primary N) is 1. The maximum Gasteiger partial charge on any atom is 0.103 e. The summed E-state index contributed by atoms with van der Waals surface area (Å²) in [5.41, 5.74) is 5.52. The van der Waals surface area contributed by atoms with E-state index in [1.807, 2.05) is 0 Å². The minimum Gasteiger partial charge on any atom is -0.397 e. The monoisotopic (exact) mass is 238 g/mol. The number of aliphatic hydroxyl groups is 1. The van der Waals surface area contributed by atoms with E-state index in [0.29, 0.717) is 16.6 Å². The molecule has 1 aromatic heterocycles. The van der Waals surface area contributed by atoms with Crippen molar-refractivity contribution in [3.8, 4) is 0 Å². The Hall–Kier alpha value is -1.32. The molecular formula is C12H13ClN2O. The molecule has 0 saturated heterocycles. The van der Waals surface area contributed by atoms with Gasteiger partial charge in [-0.25, -0.2) is 4.98 Å². The molecule has 1 heterocycles. The second kappa shape index (κ2) is 3.61. The highest BCUT2D eigenvalue weighted by atomic mass is 35.5. The van der Waals surface area contributed by atoms with Crippen LogP contribution in [0.1, 0.15) is 22.3 Å². The third kappa shape index (κ3) is 1.96. The first kappa shape index (κ1) is 8.79. The molecule has 3 N–H and O–H groups in total. The molecule has 0 atom stereocenters. The van der Waals surface area contributed by atoms with Crippen molar-refractivity contribution in [2.45, 2.75) is 19.4 Å². The molecule has 0 amide bonds. The fourth-order valence-corrected chi connectivity index (χ4v) is 1.68. The fourth-order valence-electron chi connectivity index (χ4n) is 1.52. The lowest BCUT2D eigenvalue weighted by Crippen LogP contribution is -2.19. The molecule has 3 nitrogen and oxygen atoms in total. The van der Waals surface area contributed by atoms with Crippen LogP contribution in [0.25, 0.3) is 10.9 Å². The second-order valence-corrected chi connectivity index (χ2v) is 4.55. The Bertz CT molecular complexity index is 638. The number of fused-ring (bicyclic) bond motifs is 1. The number of halogens is 1. The van der Waals surface area contributed by atoms with Crippen molar-refractivity contribution in [2.75, 3.05) is 5.73 Å². The van der Waals surface area contributed by atoms with Crippen molar-refractivity contribution in [1.82, 2.24) is 4.98 Å². The van der Waals surface area contributed by atoms with Crippen molar-refractivity contribution < 1.29 is 7.85 Å². The maximum absolute atomic E-state index is 9.97. The summed E-state index contributed by atoms with van der Waals surface area (Å²) in [6.45, 7) is 3.14. The SMILES string of the molecule is [2H]c1c(Cl)cc([2H])c2nc(C(C)(C)O)c(N)cc12. The number of nitrogens with zero attached hydrogens (tertiary/aromatic N) is 1. The Balaban J connectivity index is 2.89. The second-order valence-electron chi connectivity index (χ2n) is 4.14. The smallest absolute Gasteiger partial charge is 0.103 e. The van der Waals surface area contributed by atoms with Crippen molar-refractivity contribution >= 4 is 28.2 Å². The van der Waals surface area contributed by atoms with Crippen LogP contribution in [0.5, 0.6) is 0 Å². The number of hydrogen-bond acceptors (Lipinski definition) is 3.